The van der Waals surface area contributed by atoms with Crippen molar-refractivity contribution in [3.05, 3.63) is 42.5 Å². The zero-order valence-electron chi connectivity index (χ0n) is 9.44. The summed E-state index contributed by atoms with van der Waals surface area (Å²) < 4.78 is 0. The van der Waals surface area contributed by atoms with Gasteiger partial charge in [0, 0.05) is 17.1 Å². The van der Waals surface area contributed by atoms with E-state index in [2.05, 4.69) is 34.9 Å². The minimum Gasteiger partial charge on any atom is -0.360 e. The number of benzene rings is 2. The van der Waals surface area contributed by atoms with E-state index in [0.717, 1.165) is 10.8 Å². The minimum atomic E-state index is 0.588. The maximum absolute atomic E-state index is 5.29. The molecule has 0 radical (unpaired) electrons. The molecule has 0 aliphatic heterocycles. The summed E-state index contributed by atoms with van der Waals surface area (Å²) in [6.45, 7) is 0. The van der Waals surface area contributed by atoms with Crippen LogP contribution in [0.25, 0.3) is 10.8 Å². The summed E-state index contributed by atoms with van der Waals surface area (Å²) >= 11 is 5.29. The molecule has 2 aromatic rings. The standard InChI is InChI=1S/C14H14N2S/c17-14(15-11-8-9-11)16-13-7-3-5-10-4-1-2-6-12(10)13/h1-7,11H,8-9H2,(H2,15,16,17). The Morgan fingerprint density at radius 3 is 2.65 bits per heavy atom. The Bertz CT molecular complexity index is 556. The lowest BCUT2D eigenvalue weighted by atomic mass is 10.1. The van der Waals surface area contributed by atoms with E-state index in [1.807, 2.05) is 18.2 Å². The fourth-order valence-electron chi connectivity index (χ4n) is 1.91. The van der Waals surface area contributed by atoms with Gasteiger partial charge in [-0.2, -0.15) is 0 Å². The van der Waals surface area contributed by atoms with Crippen LogP contribution in [0.3, 0.4) is 0 Å². The van der Waals surface area contributed by atoms with Gasteiger partial charge < -0.3 is 10.6 Å². The molecule has 0 unspecified atom stereocenters. The molecule has 2 nitrogen and oxygen atoms in total. The van der Waals surface area contributed by atoms with Crippen LogP contribution in [-0.2, 0) is 0 Å². The van der Waals surface area contributed by atoms with Gasteiger partial charge in [-0.25, -0.2) is 0 Å². The second-order valence-electron chi connectivity index (χ2n) is 4.40. The van der Waals surface area contributed by atoms with Gasteiger partial charge >= 0.3 is 0 Å². The van der Waals surface area contributed by atoms with Gasteiger partial charge in [0.2, 0.25) is 0 Å². The van der Waals surface area contributed by atoms with E-state index in [1.54, 1.807) is 0 Å². The molecule has 0 aromatic heterocycles. The fourth-order valence-corrected chi connectivity index (χ4v) is 2.18. The Morgan fingerprint density at radius 2 is 1.82 bits per heavy atom. The summed E-state index contributed by atoms with van der Waals surface area (Å²) in [7, 11) is 0. The van der Waals surface area contributed by atoms with Crippen molar-refractivity contribution in [1.29, 1.82) is 0 Å². The molecule has 0 spiro atoms. The Labute approximate surface area is 106 Å². The largest absolute Gasteiger partial charge is 0.360 e. The number of hydrogen-bond donors (Lipinski definition) is 2. The minimum absolute atomic E-state index is 0.588. The van der Waals surface area contributed by atoms with Gasteiger partial charge in [-0.05, 0) is 36.5 Å². The van der Waals surface area contributed by atoms with Crippen molar-refractivity contribution in [1.82, 2.24) is 5.32 Å². The first-order valence-corrected chi connectivity index (χ1v) is 6.29. The van der Waals surface area contributed by atoms with Crippen LogP contribution in [0.2, 0.25) is 0 Å². The smallest absolute Gasteiger partial charge is 0.171 e. The van der Waals surface area contributed by atoms with Gasteiger partial charge in [0.25, 0.3) is 0 Å². The molecule has 0 amide bonds. The van der Waals surface area contributed by atoms with Crippen molar-refractivity contribution < 1.29 is 0 Å². The average molecular weight is 242 g/mol. The first-order chi connectivity index (χ1) is 8.33. The molecule has 3 rings (SSSR count). The van der Waals surface area contributed by atoms with Crippen LogP contribution in [-0.4, -0.2) is 11.2 Å². The molecule has 1 aliphatic carbocycles. The number of rotatable bonds is 2. The fraction of sp³-hybridized carbons (Fsp3) is 0.214. The molecule has 86 valence electrons. The predicted molar refractivity (Wildman–Crippen MR) is 76.3 cm³/mol. The van der Waals surface area contributed by atoms with Gasteiger partial charge in [-0.3, -0.25) is 0 Å². The van der Waals surface area contributed by atoms with E-state index in [-0.39, 0.29) is 0 Å². The van der Waals surface area contributed by atoms with Gasteiger partial charge in [-0.1, -0.05) is 36.4 Å². The van der Waals surface area contributed by atoms with Crippen molar-refractivity contribution >= 4 is 33.8 Å². The molecule has 0 bridgehead atoms. The molecule has 0 saturated heterocycles. The first-order valence-electron chi connectivity index (χ1n) is 5.88. The van der Waals surface area contributed by atoms with Crippen molar-refractivity contribution in [3.63, 3.8) is 0 Å². The van der Waals surface area contributed by atoms with Crippen LogP contribution < -0.4 is 10.6 Å². The van der Waals surface area contributed by atoms with E-state index in [0.29, 0.717) is 6.04 Å². The molecule has 3 heteroatoms. The number of hydrogen-bond acceptors (Lipinski definition) is 1. The van der Waals surface area contributed by atoms with E-state index < -0.39 is 0 Å². The normalized spacial score (nSPS) is 14.6. The lowest BCUT2D eigenvalue weighted by Crippen LogP contribution is -2.30. The zero-order chi connectivity index (χ0) is 11.7. The number of fused-ring (bicyclic) bond motifs is 1. The summed E-state index contributed by atoms with van der Waals surface area (Å²) in [5.74, 6) is 0. The van der Waals surface area contributed by atoms with Crippen LogP contribution in [0.1, 0.15) is 12.8 Å². The van der Waals surface area contributed by atoms with Crippen LogP contribution in [0.4, 0.5) is 5.69 Å². The molecule has 1 saturated carbocycles. The zero-order valence-corrected chi connectivity index (χ0v) is 10.3. The van der Waals surface area contributed by atoms with Gasteiger partial charge in [0.05, 0.1) is 0 Å². The van der Waals surface area contributed by atoms with Crippen LogP contribution in [0.15, 0.2) is 42.5 Å². The van der Waals surface area contributed by atoms with Crippen LogP contribution in [0.5, 0.6) is 0 Å². The Hall–Kier alpha value is -1.61. The predicted octanol–water partition coefficient (Wildman–Crippen LogP) is 3.29. The van der Waals surface area contributed by atoms with Crippen LogP contribution >= 0.6 is 12.2 Å². The summed E-state index contributed by atoms with van der Waals surface area (Å²) in [6, 6.07) is 15.1. The number of anilines is 1. The van der Waals surface area contributed by atoms with Gasteiger partial charge in [0.15, 0.2) is 5.11 Å². The Morgan fingerprint density at radius 1 is 1.06 bits per heavy atom. The molecule has 1 aliphatic rings. The lowest BCUT2D eigenvalue weighted by Gasteiger charge is -2.11. The second kappa shape index (κ2) is 4.34. The molecular formula is C14H14N2S. The molecule has 2 N–H and O–H groups in total. The first kappa shape index (κ1) is 10.5. The maximum atomic E-state index is 5.29. The molecular weight excluding hydrogens is 228 g/mol. The number of nitrogens with one attached hydrogen (secondary N) is 2. The van der Waals surface area contributed by atoms with Gasteiger partial charge in [0.1, 0.15) is 0 Å². The Kier molecular flexibility index (Phi) is 2.69. The highest BCUT2D eigenvalue weighted by Crippen LogP contribution is 2.23. The Balaban J connectivity index is 1.86. The third-order valence-corrected chi connectivity index (χ3v) is 3.17. The maximum Gasteiger partial charge on any atom is 0.171 e. The van der Waals surface area contributed by atoms with E-state index in [1.165, 1.54) is 23.6 Å². The summed E-state index contributed by atoms with van der Waals surface area (Å²) in [4.78, 5) is 0. The highest BCUT2D eigenvalue weighted by molar-refractivity contribution is 7.80. The van der Waals surface area contributed by atoms with Crippen molar-refractivity contribution in [3.8, 4) is 0 Å². The topological polar surface area (TPSA) is 24.1 Å². The third kappa shape index (κ3) is 2.39. The molecule has 0 atom stereocenters. The third-order valence-electron chi connectivity index (χ3n) is 2.95. The summed E-state index contributed by atoms with van der Waals surface area (Å²) in [5.41, 5.74) is 1.07. The SMILES string of the molecule is S=C(Nc1cccc2ccccc12)NC1CC1. The van der Waals surface area contributed by atoms with E-state index in [4.69, 9.17) is 12.2 Å². The average Bonchev–Trinajstić information content (AvgIpc) is 3.13. The second-order valence-corrected chi connectivity index (χ2v) is 4.81. The highest BCUT2D eigenvalue weighted by Gasteiger charge is 2.21. The molecule has 17 heavy (non-hydrogen) atoms. The van der Waals surface area contributed by atoms with Crippen LogP contribution in [0, 0.1) is 0 Å². The summed E-state index contributed by atoms with van der Waals surface area (Å²) in [6.07, 6.45) is 2.47. The van der Waals surface area contributed by atoms with Gasteiger partial charge in [-0.15, -0.1) is 0 Å². The van der Waals surface area contributed by atoms with Crippen molar-refractivity contribution in [2.45, 2.75) is 18.9 Å². The highest BCUT2D eigenvalue weighted by atomic mass is 32.1. The molecule has 2 aromatic carbocycles. The monoisotopic (exact) mass is 242 g/mol. The number of thiocarbonyl (C=S) groups is 1. The summed E-state index contributed by atoms with van der Waals surface area (Å²) in [5, 5.41) is 9.72. The molecule has 0 heterocycles. The lowest BCUT2D eigenvalue weighted by molar-refractivity contribution is 0.919. The van der Waals surface area contributed by atoms with E-state index in [9.17, 15) is 0 Å². The quantitative estimate of drug-likeness (QED) is 0.790. The van der Waals surface area contributed by atoms with Crippen molar-refractivity contribution in [2.24, 2.45) is 0 Å². The van der Waals surface area contributed by atoms with E-state index >= 15 is 0 Å². The van der Waals surface area contributed by atoms with Crippen molar-refractivity contribution in [2.75, 3.05) is 5.32 Å². The molecule has 1 fully saturated rings.